The van der Waals surface area contributed by atoms with Crippen LogP contribution in [0.1, 0.15) is 18.1 Å². The molecule has 0 radical (unpaired) electrons. The Kier molecular flexibility index (Phi) is 2.98. The predicted molar refractivity (Wildman–Crippen MR) is 41.2 cm³/mol. The average molecular weight is 193 g/mol. The molecule has 0 saturated carbocycles. The van der Waals surface area contributed by atoms with Gasteiger partial charge in [0.05, 0.1) is 12.7 Å². The highest BCUT2D eigenvalue weighted by Crippen LogP contribution is 2.30. The molecule has 1 atom stereocenters. The highest BCUT2D eigenvalue weighted by molar-refractivity contribution is 5.06. The van der Waals surface area contributed by atoms with E-state index in [0.717, 1.165) is 0 Å². The zero-order valence-electron chi connectivity index (χ0n) is 6.84. The number of hydrogen-bond donors (Lipinski definition) is 1. The molecule has 0 amide bonds. The van der Waals surface area contributed by atoms with Crippen LogP contribution in [0.4, 0.5) is 13.2 Å². The first kappa shape index (κ1) is 10.1. The fourth-order valence-electron chi connectivity index (χ4n) is 1.10. The molecule has 13 heavy (non-hydrogen) atoms. The molecule has 74 valence electrons. The van der Waals surface area contributed by atoms with Crippen molar-refractivity contribution in [3.63, 3.8) is 0 Å². The Bertz CT molecular complexity index is 242. The van der Waals surface area contributed by atoms with Crippen LogP contribution in [-0.2, 0) is 0 Å². The largest absolute Gasteiger partial charge is 0.469 e. The summed E-state index contributed by atoms with van der Waals surface area (Å²) < 4.78 is 40.8. The topological polar surface area (TPSA) is 39.2 Å². The van der Waals surface area contributed by atoms with Gasteiger partial charge in [-0.25, -0.2) is 0 Å². The summed E-state index contributed by atoms with van der Waals surface area (Å²) in [4.78, 5) is 0. The zero-order chi connectivity index (χ0) is 9.90. The van der Waals surface area contributed by atoms with E-state index in [-0.39, 0.29) is 6.54 Å². The van der Waals surface area contributed by atoms with Crippen molar-refractivity contribution in [2.45, 2.75) is 18.5 Å². The lowest BCUT2D eigenvalue weighted by atomic mass is 10.0. The monoisotopic (exact) mass is 193 g/mol. The van der Waals surface area contributed by atoms with E-state index in [2.05, 4.69) is 0 Å². The summed E-state index contributed by atoms with van der Waals surface area (Å²) in [5.41, 5.74) is 5.21. The minimum absolute atomic E-state index is 0.0625. The number of rotatable bonds is 3. The van der Waals surface area contributed by atoms with Crippen LogP contribution in [-0.4, -0.2) is 12.7 Å². The van der Waals surface area contributed by atoms with Crippen molar-refractivity contribution in [1.82, 2.24) is 0 Å². The Hall–Kier alpha value is -0.970. The van der Waals surface area contributed by atoms with Crippen LogP contribution in [0.5, 0.6) is 0 Å². The molecule has 1 rings (SSSR count). The van der Waals surface area contributed by atoms with Crippen LogP contribution in [0.2, 0.25) is 0 Å². The molecule has 1 aromatic heterocycles. The van der Waals surface area contributed by atoms with Crippen molar-refractivity contribution in [2.24, 2.45) is 5.73 Å². The van der Waals surface area contributed by atoms with Gasteiger partial charge in [0.2, 0.25) is 0 Å². The second-order valence-corrected chi connectivity index (χ2v) is 2.77. The van der Waals surface area contributed by atoms with E-state index < -0.39 is 18.5 Å². The Morgan fingerprint density at radius 3 is 2.54 bits per heavy atom. The SMILES string of the molecule is NCC(CC(F)(F)F)c1ccco1. The van der Waals surface area contributed by atoms with Gasteiger partial charge in [-0.1, -0.05) is 0 Å². The third-order valence-electron chi connectivity index (χ3n) is 1.71. The van der Waals surface area contributed by atoms with Crippen LogP contribution in [0, 0.1) is 0 Å². The van der Waals surface area contributed by atoms with Gasteiger partial charge < -0.3 is 10.2 Å². The molecule has 0 saturated heterocycles. The molecule has 2 nitrogen and oxygen atoms in total. The third kappa shape index (κ3) is 3.10. The van der Waals surface area contributed by atoms with E-state index in [4.69, 9.17) is 10.2 Å². The summed E-state index contributed by atoms with van der Waals surface area (Å²) in [5, 5.41) is 0. The maximum absolute atomic E-state index is 12.0. The molecule has 1 heterocycles. The van der Waals surface area contributed by atoms with E-state index in [1.54, 1.807) is 6.07 Å². The smallest absolute Gasteiger partial charge is 0.389 e. The standard InChI is InChI=1S/C8H10F3NO/c9-8(10,11)4-6(5-12)7-2-1-3-13-7/h1-3,6H,4-5,12H2. The van der Waals surface area contributed by atoms with Crippen LogP contribution >= 0.6 is 0 Å². The molecule has 0 bridgehead atoms. The number of nitrogens with two attached hydrogens (primary N) is 1. The molecule has 2 N–H and O–H groups in total. The summed E-state index contributed by atoms with van der Waals surface area (Å²) in [6.07, 6.45) is -3.79. The van der Waals surface area contributed by atoms with Gasteiger partial charge >= 0.3 is 6.18 Å². The summed E-state index contributed by atoms with van der Waals surface area (Å²) >= 11 is 0. The van der Waals surface area contributed by atoms with Crippen LogP contribution in [0.3, 0.4) is 0 Å². The van der Waals surface area contributed by atoms with Gasteiger partial charge in [-0.2, -0.15) is 13.2 Å². The quantitative estimate of drug-likeness (QED) is 0.799. The van der Waals surface area contributed by atoms with Crippen molar-refractivity contribution < 1.29 is 17.6 Å². The second-order valence-electron chi connectivity index (χ2n) is 2.77. The van der Waals surface area contributed by atoms with E-state index in [1.165, 1.54) is 12.3 Å². The zero-order valence-corrected chi connectivity index (χ0v) is 6.84. The van der Waals surface area contributed by atoms with Gasteiger partial charge in [0.25, 0.3) is 0 Å². The van der Waals surface area contributed by atoms with E-state index in [9.17, 15) is 13.2 Å². The minimum atomic E-state index is -4.20. The molecule has 0 aliphatic rings. The summed E-state index contributed by atoms with van der Waals surface area (Å²) in [6.45, 7) is -0.0625. The molecule has 1 unspecified atom stereocenters. The Morgan fingerprint density at radius 2 is 2.15 bits per heavy atom. The number of halogens is 3. The average Bonchev–Trinajstić information content (AvgIpc) is 2.50. The predicted octanol–water partition coefficient (Wildman–Crippen LogP) is 2.27. The molecule has 0 spiro atoms. The molecule has 0 fully saturated rings. The van der Waals surface area contributed by atoms with Gasteiger partial charge in [0.15, 0.2) is 0 Å². The number of furan rings is 1. The van der Waals surface area contributed by atoms with Crippen molar-refractivity contribution in [3.05, 3.63) is 24.2 Å². The normalized spacial score (nSPS) is 14.5. The lowest BCUT2D eigenvalue weighted by Gasteiger charge is -2.13. The third-order valence-corrected chi connectivity index (χ3v) is 1.71. The van der Waals surface area contributed by atoms with Gasteiger partial charge in [0, 0.05) is 12.5 Å². The van der Waals surface area contributed by atoms with Crippen molar-refractivity contribution in [3.8, 4) is 0 Å². The molecule has 0 aliphatic heterocycles. The first-order valence-corrected chi connectivity index (χ1v) is 3.83. The highest BCUT2D eigenvalue weighted by atomic mass is 19.4. The first-order valence-electron chi connectivity index (χ1n) is 3.83. The van der Waals surface area contributed by atoms with E-state index in [1.807, 2.05) is 0 Å². The highest BCUT2D eigenvalue weighted by Gasteiger charge is 2.32. The Labute approximate surface area is 73.5 Å². The minimum Gasteiger partial charge on any atom is -0.469 e. The Balaban J connectivity index is 2.64. The summed E-state index contributed by atoms with van der Waals surface area (Å²) in [5.74, 6) is -0.477. The summed E-state index contributed by atoms with van der Waals surface area (Å²) in [7, 11) is 0. The number of hydrogen-bond acceptors (Lipinski definition) is 2. The van der Waals surface area contributed by atoms with Gasteiger partial charge in [-0.05, 0) is 12.1 Å². The van der Waals surface area contributed by atoms with Crippen LogP contribution in [0.15, 0.2) is 22.8 Å². The molecule has 0 aliphatic carbocycles. The number of alkyl halides is 3. The van der Waals surface area contributed by atoms with Gasteiger partial charge in [0.1, 0.15) is 5.76 Å². The molecular weight excluding hydrogens is 183 g/mol. The van der Waals surface area contributed by atoms with Gasteiger partial charge in [-0.3, -0.25) is 0 Å². The molecule has 0 aromatic carbocycles. The van der Waals surface area contributed by atoms with Crippen LogP contribution < -0.4 is 5.73 Å². The van der Waals surface area contributed by atoms with Gasteiger partial charge in [-0.15, -0.1) is 0 Å². The lowest BCUT2D eigenvalue weighted by molar-refractivity contribution is -0.139. The first-order chi connectivity index (χ1) is 6.03. The summed E-state index contributed by atoms with van der Waals surface area (Å²) in [6, 6.07) is 3.05. The maximum Gasteiger partial charge on any atom is 0.389 e. The van der Waals surface area contributed by atoms with E-state index in [0.29, 0.717) is 5.76 Å². The van der Waals surface area contributed by atoms with E-state index >= 15 is 0 Å². The molecule has 5 heteroatoms. The molecular formula is C8H10F3NO. The van der Waals surface area contributed by atoms with Crippen molar-refractivity contribution in [2.75, 3.05) is 6.54 Å². The fraction of sp³-hybridized carbons (Fsp3) is 0.500. The fourth-order valence-corrected chi connectivity index (χ4v) is 1.10. The maximum atomic E-state index is 12.0. The molecule has 1 aromatic rings. The van der Waals surface area contributed by atoms with Crippen LogP contribution in [0.25, 0.3) is 0 Å². The lowest BCUT2D eigenvalue weighted by Crippen LogP contribution is -2.20. The van der Waals surface area contributed by atoms with Crippen molar-refractivity contribution >= 4 is 0 Å². The second kappa shape index (κ2) is 3.83. The van der Waals surface area contributed by atoms with Crippen molar-refractivity contribution in [1.29, 1.82) is 0 Å². The Morgan fingerprint density at radius 1 is 1.46 bits per heavy atom.